The second-order valence-corrected chi connectivity index (χ2v) is 9.51. The molecule has 0 aromatic heterocycles. The molecule has 0 spiro atoms. The van der Waals surface area contributed by atoms with Crippen LogP contribution in [-0.4, -0.2) is 88.4 Å². The van der Waals surface area contributed by atoms with Crippen LogP contribution in [0.25, 0.3) is 0 Å². The Labute approximate surface area is 209 Å². The zero-order chi connectivity index (χ0) is 26.9. The summed E-state index contributed by atoms with van der Waals surface area (Å²) < 4.78 is 16.2. The number of carbonyl (C=O) groups excluding carboxylic acids is 4. The highest BCUT2D eigenvalue weighted by molar-refractivity contribution is 5.92. The molecule has 4 amide bonds. The van der Waals surface area contributed by atoms with Crippen LogP contribution in [0.3, 0.4) is 0 Å². The Morgan fingerprint density at radius 2 is 1.20 bits per heavy atom. The van der Waals surface area contributed by atoms with Gasteiger partial charge in [-0.2, -0.15) is 0 Å². The number of carbonyl (C=O) groups is 4. The normalized spacial score (nSPS) is 13.1. The fraction of sp³-hybridized carbons (Fsp3) is 0.833. The summed E-state index contributed by atoms with van der Waals surface area (Å²) in [5.41, 5.74) is -0.615. The molecule has 0 radical (unpaired) electrons. The summed E-state index contributed by atoms with van der Waals surface area (Å²) in [6, 6.07) is -1.48. The number of rotatable bonds is 18. The number of hydrogen-bond donors (Lipinski definition) is 4. The molecule has 0 aliphatic carbocycles. The van der Waals surface area contributed by atoms with Gasteiger partial charge in [0.05, 0.1) is 39.6 Å². The van der Waals surface area contributed by atoms with Gasteiger partial charge in [0.2, 0.25) is 23.6 Å². The molecule has 4 N–H and O–H groups in total. The van der Waals surface area contributed by atoms with Crippen molar-refractivity contribution in [2.24, 2.45) is 11.3 Å². The quantitative estimate of drug-likeness (QED) is 0.198. The van der Waals surface area contributed by atoms with Gasteiger partial charge < -0.3 is 35.5 Å². The Hall–Kier alpha value is -2.24. The first-order valence-electron chi connectivity index (χ1n) is 12.3. The molecule has 0 aromatic carbocycles. The molecule has 11 heteroatoms. The Kier molecular flexibility index (Phi) is 16.9. The van der Waals surface area contributed by atoms with Gasteiger partial charge in [-0.1, -0.05) is 41.5 Å². The number of nitrogens with one attached hydrogen (secondary N) is 4. The van der Waals surface area contributed by atoms with E-state index in [-0.39, 0.29) is 23.6 Å². The van der Waals surface area contributed by atoms with Gasteiger partial charge >= 0.3 is 0 Å². The van der Waals surface area contributed by atoms with Crippen molar-refractivity contribution in [2.45, 2.75) is 67.0 Å². The lowest BCUT2D eigenvalue weighted by molar-refractivity contribution is -0.134. The molecule has 0 bridgehead atoms. The van der Waals surface area contributed by atoms with Crippen LogP contribution in [0.2, 0.25) is 0 Å². The predicted molar refractivity (Wildman–Crippen MR) is 133 cm³/mol. The Bertz CT molecular complexity index is 650. The second-order valence-electron chi connectivity index (χ2n) is 9.51. The molecule has 0 saturated heterocycles. The summed E-state index contributed by atoms with van der Waals surface area (Å²) in [7, 11) is 0. The van der Waals surface area contributed by atoms with Crippen LogP contribution in [-0.2, 0) is 33.4 Å². The SMILES string of the molecule is CCC(=O)NCCOCCOCCOCCNC(=O)[C@H](NC(=O)C(C)NC(=O)C(C)(C)C)C(C)C. The summed E-state index contributed by atoms with van der Waals surface area (Å²) in [5.74, 6) is -1.10. The van der Waals surface area contributed by atoms with E-state index in [1.54, 1.807) is 34.6 Å². The maximum absolute atomic E-state index is 12.5. The van der Waals surface area contributed by atoms with Gasteiger partial charge in [0.25, 0.3) is 0 Å². The monoisotopic (exact) mass is 502 g/mol. The van der Waals surface area contributed by atoms with Crippen molar-refractivity contribution in [3.8, 4) is 0 Å². The largest absolute Gasteiger partial charge is 0.377 e. The summed E-state index contributed by atoms with van der Waals surface area (Å²) in [6.07, 6.45) is 0.458. The van der Waals surface area contributed by atoms with Crippen LogP contribution in [0.5, 0.6) is 0 Å². The summed E-state index contributed by atoms with van der Waals surface area (Å²) in [5, 5.41) is 10.9. The minimum atomic E-state index is -0.758. The van der Waals surface area contributed by atoms with Gasteiger partial charge in [-0.25, -0.2) is 0 Å². The van der Waals surface area contributed by atoms with Crippen LogP contribution in [0.4, 0.5) is 0 Å². The third kappa shape index (κ3) is 16.1. The highest BCUT2D eigenvalue weighted by Gasteiger charge is 2.29. The zero-order valence-electron chi connectivity index (χ0n) is 22.5. The first kappa shape index (κ1) is 32.8. The van der Waals surface area contributed by atoms with Crippen molar-refractivity contribution in [2.75, 3.05) is 52.7 Å². The molecule has 0 aliphatic rings. The standard InChI is InChI=1S/C24H46N4O7/c1-8-19(29)25-9-11-33-13-15-35-16-14-34-12-10-26-22(31)20(17(2)3)28-21(30)18(4)27-23(32)24(5,6)7/h17-18,20H,8-16H2,1-7H3,(H,25,29)(H,26,31)(H,27,32)(H,28,30)/t18?,20-/m1/s1. The Balaban J connectivity index is 4.00. The van der Waals surface area contributed by atoms with E-state index in [2.05, 4.69) is 21.3 Å². The fourth-order valence-corrected chi connectivity index (χ4v) is 2.58. The van der Waals surface area contributed by atoms with Crippen LogP contribution < -0.4 is 21.3 Å². The van der Waals surface area contributed by atoms with E-state index in [1.165, 1.54) is 0 Å². The zero-order valence-corrected chi connectivity index (χ0v) is 22.5. The molecule has 1 unspecified atom stereocenters. The highest BCUT2D eigenvalue weighted by atomic mass is 16.5. The third-order valence-corrected chi connectivity index (χ3v) is 4.85. The first-order chi connectivity index (χ1) is 16.4. The molecule has 0 rings (SSSR count). The molecule has 35 heavy (non-hydrogen) atoms. The van der Waals surface area contributed by atoms with Crippen molar-refractivity contribution < 1.29 is 33.4 Å². The number of ether oxygens (including phenoxy) is 3. The first-order valence-corrected chi connectivity index (χ1v) is 12.3. The molecule has 0 heterocycles. The maximum Gasteiger partial charge on any atom is 0.242 e. The maximum atomic E-state index is 12.5. The highest BCUT2D eigenvalue weighted by Crippen LogP contribution is 2.13. The van der Waals surface area contributed by atoms with Crippen molar-refractivity contribution in [3.63, 3.8) is 0 Å². The van der Waals surface area contributed by atoms with Crippen LogP contribution in [0, 0.1) is 11.3 Å². The van der Waals surface area contributed by atoms with Crippen molar-refractivity contribution in [3.05, 3.63) is 0 Å². The molecule has 0 aromatic rings. The minimum Gasteiger partial charge on any atom is -0.377 e. The predicted octanol–water partition coefficient (Wildman–Crippen LogP) is 0.370. The molecular weight excluding hydrogens is 456 g/mol. The van der Waals surface area contributed by atoms with Gasteiger partial charge in [0.15, 0.2) is 0 Å². The van der Waals surface area contributed by atoms with Gasteiger partial charge in [0.1, 0.15) is 12.1 Å². The van der Waals surface area contributed by atoms with E-state index in [0.717, 1.165) is 0 Å². The van der Waals surface area contributed by atoms with E-state index >= 15 is 0 Å². The molecule has 11 nitrogen and oxygen atoms in total. The summed E-state index contributed by atoms with van der Waals surface area (Å²) in [4.78, 5) is 48.2. The lowest BCUT2D eigenvalue weighted by atomic mass is 9.95. The molecule has 0 fully saturated rings. The lowest BCUT2D eigenvalue weighted by Gasteiger charge is -2.25. The molecule has 0 aliphatic heterocycles. The molecule has 204 valence electrons. The molecular formula is C24H46N4O7. The average molecular weight is 503 g/mol. The fourth-order valence-electron chi connectivity index (χ4n) is 2.58. The summed E-state index contributed by atoms with van der Waals surface area (Å²) in [6.45, 7) is 15.5. The Morgan fingerprint density at radius 1 is 0.714 bits per heavy atom. The van der Waals surface area contributed by atoms with Crippen LogP contribution in [0.15, 0.2) is 0 Å². The van der Waals surface area contributed by atoms with Crippen LogP contribution in [0.1, 0.15) is 54.9 Å². The van der Waals surface area contributed by atoms with E-state index in [1.807, 2.05) is 13.8 Å². The second kappa shape index (κ2) is 18.1. The van der Waals surface area contributed by atoms with Gasteiger partial charge in [-0.3, -0.25) is 19.2 Å². The van der Waals surface area contributed by atoms with E-state index in [9.17, 15) is 19.2 Å². The van der Waals surface area contributed by atoms with E-state index < -0.39 is 23.4 Å². The van der Waals surface area contributed by atoms with Gasteiger partial charge in [-0.05, 0) is 12.8 Å². The topological polar surface area (TPSA) is 144 Å². The number of amides is 4. The van der Waals surface area contributed by atoms with E-state index in [4.69, 9.17) is 14.2 Å². The third-order valence-electron chi connectivity index (χ3n) is 4.85. The smallest absolute Gasteiger partial charge is 0.242 e. The minimum absolute atomic E-state index is 0.00105. The van der Waals surface area contributed by atoms with Crippen LogP contribution >= 0.6 is 0 Å². The summed E-state index contributed by atoms with van der Waals surface area (Å²) >= 11 is 0. The number of hydrogen-bond acceptors (Lipinski definition) is 7. The van der Waals surface area contributed by atoms with Crippen molar-refractivity contribution in [1.82, 2.24) is 21.3 Å². The van der Waals surface area contributed by atoms with Gasteiger partial charge in [0, 0.05) is 24.9 Å². The Morgan fingerprint density at radius 3 is 1.66 bits per heavy atom. The van der Waals surface area contributed by atoms with E-state index in [0.29, 0.717) is 59.2 Å². The van der Waals surface area contributed by atoms with Crippen molar-refractivity contribution in [1.29, 1.82) is 0 Å². The average Bonchev–Trinajstić information content (AvgIpc) is 2.78. The van der Waals surface area contributed by atoms with Gasteiger partial charge in [-0.15, -0.1) is 0 Å². The molecule has 0 saturated carbocycles. The molecule has 2 atom stereocenters. The van der Waals surface area contributed by atoms with Crippen molar-refractivity contribution >= 4 is 23.6 Å². The lowest BCUT2D eigenvalue weighted by Crippen LogP contribution is -2.55.